The Labute approximate surface area is 128 Å². The van der Waals surface area contributed by atoms with Crippen molar-refractivity contribution in [1.82, 2.24) is 4.90 Å². The van der Waals surface area contributed by atoms with Crippen LogP contribution in [0.3, 0.4) is 0 Å². The molecule has 4 aliphatic carbocycles. The van der Waals surface area contributed by atoms with Gasteiger partial charge in [-0.05, 0) is 68.1 Å². The second kappa shape index (κ2) is 4.47. The van der Waals surface area contributed by atoms with E-state index in [-0.39, 0.29) is 11.5 Å². The molecule has 3 heteroatoms. The first-order chi connectivity index (χ1) is 9.89. The Morgan fingerprint density at radius 1 is 1.19 bits per heavy atom. The van der Waals surface area contributed by atoms with E-state index in [0.29, 0.717) is 17.2 Å². The third-order valence-corrected chi connectivity index (χ3v) is 7.07. The van der Waals surface area contributed by atoms with Crippen LogP contribution in [0.4, 0.5) is 0 Å². The number of piperidine rings is 1. The first kappa shape index (κ1) is 14.0. The maximum Gasteiger partial charge on any atom is 0.228 e. The van der Waals surface area contributed by atoms with Crippen LogP contribution in [0.15, 0.2) is 0 Å². The van der Waals surface area contributed by atoms with Crippen LogP contribution in [-0.2, 0) is 4.79 Å². The fourth-order valence-electron chi connectivity index (χ4n) is 6.65. The van der Waals surface area contributed by atoms with E-state index in [0.717, 1.165) is 37.8 Å². The zero-order valence-electron chi connectivity index (χ0n) is 13.6. The molecule has 0 radical (unpaired) electrons. The maximum atomic E-state index is 13.3. The number of carbonyl (C=O) groups excluding carboxylic acids is 1. The smallest absolute Gasteiger partial charge is 0.228 e. The highest BCUT2D eigenvalue weighted by Gasteiger charge is 2.59. The van der Waals surface area contributed by atoms with E-state index in [9.17, 15) is 4.79 Å². The molecule has 0 aromatic heterocycles. The van der Waals surface area contributed by atoms with Gasteiger partial charge < -0.3 is 10.6 Å². The van der Waals surface area contributed by atoms with E-state index in [1.54, 1.807) is 0 Å². The fourth-order valence-corrected chi connectivity index (χ4v) is 6.65. The summed E-state index contributed by atoms with van der Waals surface area (Å²) in [4.78, 5) is 15.5. The molecule has 4 saturated carbocycles. The Hall–Kier alpha value is -0.570. The molecular formula is C18H30N2O. The molecule has 5 aliphatic rings. The van der Waals surface area contributed by atoms with Crippen LogP contribution in [-0.4, -0.2) is 29.9 Å². The second-order valence-corrected chi connectivity index (χ2v) is 9.23. The lowest BCUT2D eigenvalue weighted by Gasteiger charge is -2.61. The van der Waals surface area contributed by atoms with E-state index in [4.69, 9.17) is 5.73 Å². The van der Waals surface area contributed by atoms with Crippen LogP contribution in [0.25, 0.3) is 0 Å². The lowest BCUT2D eigenvalue weighted by molar-refractivity contribution is -0.167. The van der Waals surface area contributed by atoms with Crippen molar-refractivity contribution in [2.75, 3.05) is 13.1 Å². The van der Waals surface area contributed by atoms with Gasteiger partial charge in [-0.15, -0.1) is 0 Å². The van der Waals surface area contributed by atoms with Gasteiger partial charge in [0.2, 0.25) is 5.91 Å². The highest BCUT2D eigenvalue weighted by molar-refractivity contribution is 5.83. The Morgan fingerprint density at radius 3 is 2.43 bits per heavy atom. The van der Waals surface area contributed by atoms with E-state index >= 15 is 0 Å². The standard InChI is InChI=1S/C18H30N2O/c1-12-10-20(4-3-15(12)19)16(21)18-8-13-5-14(9-18)7-17(2,6-13)11-18/h12-15H,3-11,19H2,1-2H3. The summed E-state index contributed by atoms with van der Waals surface area (Å²) >= 11 is 0. The SMILES string of the molecule is CC1CN(C(=O)C23CC4CC(CC(C)(C4)C2)C3)CCC1N. The molecule has 4 atom stereocenters. The lowest BCUT2D eigenvalue weighted by atomic mass is 9.44. The number of carbonyl (C=O) groups is 1. The molecule has 1 saturated heterocycles. The van der Waals surface area contributed by atoms with Gasteiger partial charge in [0.25, 0.3) is 0 Å². The molecule has 0 aromatic rings. The van der Waals surface area contributed by atoms with Crippen LogP contribution in [0.5, 0.6) is 0 Å². The van der Waals surface area contributed by atoms with E-state index in [2.05, 4.69) is 18.7 Å². The van der Waals surface area contributed by atoms with Crippen molar-refractivity contribution in [2.24, 2.45) is 34.3 Å². The van der Waals surface area contributed by atoms with Crippen molar-refractivity contribution in [2.45, 2.75) is 64.8 Å². The monoisotopic (exact) mass is 290 g/mol. The van der Waals surface area contributed by atoms with E-state index < -0.39 is 0 Å². The van der Waals surface area contributed by atoms with E-state index in [1.165, 1.54) is 32.1 Å². The molecule has 5 fully saturated rings. The third-order valence-electron chi connectivity index (χ3n) is 7.07. The number of hydrogen-bond donors (Lipinski definition) is 1. The molecule has 4 unspecified atom stereocenters. The van der Waals surface area contributed by atoms with Gasteiger partial charge in [-0.2, -0.15) is 0 Å². The summed E-state index contributed by atoms with van der Waals surface area (Å²) in [5, 5.41) is 0. The summed E-state index contributed by atoms with van der Waals surface area (Å²) in [6, 6.07) is 0.280. The average Bonchev–Trinajstić information content (AvgIpc) is 2.38. The van der Waals surface area contributed by atoms with Crippen molar-refractivity contribution in [3.8, 4) is 0 Å². The van der Waals surface area contributed by atoms with Gasteiger partial charge in [0.1, 0.15) is 0 Å². The van der Waals surface area contributed by atoms with Crippen molar-refractivity contribution in [3.63, 3.8) is 0 Å². The number of nitrogens with two attached hydrogens (primary N) is 1. The fraction of sp³-hybridized carbons (Fsp3) is 0.944. The second-order valence-electron chi connectivity index (χ2n) is 9.23. The Bertz CT molecular complexity index is 446. The lowest BCUT2D eigenvalue weighted by Crippen LogP contribution is -2.59. The summed E-state index contributed by atoms with van der Waals surface area (Å²) in [6.07, 6.45) is 8.63. The van der Waals surface area contributed by atoms with E-state index in [1.807, 2.05) is 0 Å². The summed E-state index contributed by atoms with van der Waals surface area (Å²) in [6.45, 7) is 6.41. The molecule has 2 N–H and O–H groups in total. The van der Waals surface area contributed by atoms with Gasteiger partial charge in [0.15, 0.2) is 0 Å². The normalized spacial score (nSPS) is 52.2. The maximum absolute atomic E-state index is 13.3. The first-order valence-corrected chi connectivity index (χ1v) is 8.94. The van der Waals surface area contributed by atoms with Gasteiger partial charge in [-0.3, -0.25) is 4.79 Å². The molecule has 1 aliphatic heterocycles. The predicted molar refractivity (Wildman–Crippen MR) is 83.6 cm³/mol. The molecule has 4 bridgehead atoms. The minimum atomic E-state index is -0.0000113. The predicted octanol–water partition coefficient (Wildman–Crippen LogP) is 2.79. The summed E-state index contributed by atoms with van der Waals surface area (Å²) < 4.78 is 0. The zero-order valence-corrected chi connectivity index (χ0v) is 13.6. The number of amides is 1. The molecule has 5 rings (SSSR count). The number of nitrogens with zero attached hydrogens (tertiary/aromatic N) is 1. The summed E-state index contributed by atoms with van der Waals surface area (Å²) in [5.41, 5.74) is 6.59. The number of hydrogen-bond acceptors (Lipinski definition) is 2. The van der Waals surface area contributed by atoms with Crippen LogP contribution in [0.2, 0.25) is 0 Å². The van der Waals surface area contributed by atoms with Crippen LogP contribution >= 0.6 is 0 Å². The zero-order chi connectivity index (χ0) is 14.8. The topological polar surface area (TPSA) is 46.3 Å². The molecular weight excluding hydrogens is 260 g/mol. The van der Waals surface area contributed by atoms with Crippen LogP contribution < -0.4 is 5.73 Å². The molecule has 3 nitrogen and oxygen atoms in total. The summed E-state index contributed by atoms with van der Waals surface area (Å²) in [7, 11) is 0. The Morgan fingerprint density at radius 2 is 1.86 bits per heavy atom. The van der Waals surface area contributed by atoms with Crippen molar-refractivity contribution < 1.29 is 4.79 Å². The molecule has 1 heterocycles. The Balaban J connectivity index is 1.57. The molecule has 0 aromatic carbocycles. The van der Waals surface area contributed by atoms with Crippen LogP contribution in [0.1, 0.15) is 58.8 Å². The quantitative estimate of drug-likeness (QED) is 0.807. The van der Waals surface area contributed by atoms with Crippen molar-refractivity contribution in [1.29, 1.82) is 0 Å². The highest BCUT2D eigenvalue weighted by Crippen LogP contribution is 2.65. The minimum Gasteiger partial charge on any atom is -0.342 e. The van der Waals surface area contributed by atoms with Gasteiger partial charge >= 0.3 is 0 Å². The number of likely N-dealkylation sites (tertiary alicyclic amines) is 1. The molecule has 118 valence electrons. The highest BCUT2D eigenvalue weighted by atomic mass is 16.2. The molecule has 1 amide bonds. The minimum absolute atomic E-state index is 0.0000113. The molecule has 0 spiro atoms. The van der Waals surface area contributed by atoms with Gasteiger partial charge in [0.05, 0.1) is 5.41 Å². The van der Waals surface area contributed by atoms with Gasteiger partial charge in [0, 0.05) is 19.1 Å². The van der Waals surface area contributed by atoms with Gasteiger partial charge in [-0.1, -0.05) is 13.8 Å². The average molecular weight is 290 g/mol. The molecule has 21 heavy (non-hydrogen) atoms. The largest absolute Gasteiger partial charge is 0.342 e. The first-order valence-electron chi connectivity index (χ1n) is 8.94. The van der Waals surface area contributed by atoms with Gasteiger partial charge in [-0.25, -0.2) is 0 Å². The Kier molecular flexibility index (Phi) is 2.99. The summed E-state index contributed by atoms with van der Waals surface area (Å²) in [5.74, 6) is 2.59. The van der Waals surface area contributed by atoms with Crippen molar-refractivity contribution >= 4 is 5.91 Å². The van der Waals surface area contributed by atoms with Crippen LogP contribution in [0, 0.1) is 28.6 Å². The third kappa shape index (κ3) is 2.15. The van der Waals surface area contributed by atoms with Crippen molar-refractivity contribution in [3.05, 3.63) is 0 Å². The number of rotatable bonds is 1.